The number of ether oxygens (including phenoxy) is 1. The lowest BCUT2D eigenvalue weighted by atomic mass is 9.91. The van der Waals surface area contributed by atoms with Gasteiger partial charge >= 0.3 is 6.03 Å². The zero-order chi connectivity index (χ0) is 25.4. The number of alkyl halides is 2. The van der Waals surface area contributed by atoms with Gasteiger partial charge < -0.3 is 14.6 Å². The average Bonchev–Trinajstić information content (AvgIpc) is 3.38. The van der Waals surface area contributed by atoms with Crippen molar-refractivity contribution in [1.29, 1.82) is 0 Å². The van der Waals surface area contributed by atoms with Crippen LogP contribution in [-0.2, 0) is 16.6 Å². The van der Waals surface area contributed by atoms with Crippen LogP contribution in [0.1, 0.15) is 44.1 Å². The molecule has 3 heterocycles. The molecule has 192 valence electrons. The third-order valence-electron chi connectivity index (χ3n) is 6.62. The van der Waals surface area contributed by atoms with Crippen molar-refractivity contribution in [2.75, 3.05) is 37.2 Å². The largest absolute Gasteiger partial charge is 0.381 e. The van der Waals surface area contributed by atoms with Gasteiger partial charge in [-0.05, 0) is 68.7 Å². The number of urea groups is 1. The number of benzene rings is 1. The Morgan fingerprint density at radius 2 is 1.78 bits per heavy atom. The second-order valence-corrected chi connectivity index (χ2v) is 9.55. The van der Waals surface area contributed by atoms with E-state index in [-0.39, 0.29) is 11.6 Å². The fourth-order valence-corrected chi connectivity index (χ4v) is 4.16. The molecule has 1 aromatic carbocycles. The quantitative estimate of drug-likeness (QED) is 0.341. The molecule has 1 saturated heterocycles. The lowest BCUT2D eigenvalue weighted by Crippen LogP contribution is -2.26. The van der Waals surface area contributed by atoms with Crippen molar-refractivity contribution >= 4 is 17.5 Å². The van der Waals surface area contributed by atoms with Crippen molar-refractivity contribution < 1.29 is 22.8 Å². The monoisotopic (exact) mass is 498 g/mol. The highest BCUT2D eigenvalue weighted by atomic mass is 19.1. The molecule has 0 unspecified atom stereocenters. The maximum atomic E-state index is 13.1. The van der Waals surface area contributed by atoms with Gasteiger partial charge in [0.25, 0.3) is 0 Å². The Balaban J connectivity index is 1.26. The molecule has 0 radical (unpaired) electrons. The first-order chi connectivity index (χ1) is 17.5. The Kier molecular flexibility index (Phi) is 8.64. The van der Waals surface area contributed by atoms with Gasteiger partial charge in [0.05, 0.1) is 5.41 Å². The second-order valence-electron chi connectivity index (χ2n) is 9.55. The summed E-state index contributed by atoms with van der Waals surface area (Å²) in [6, 6.07) is 12.3. The lowest BCUT2D eigenvalue weighted by molar-refractivity contribution is 0.0633. The number of pyridine rings is 1. The number of rotatable bonds is 10. The molecule has 0 aliphatic carbocycles. The second kappa shape index (κ2) is 12.1. The van der Waals surface area contributed by atoms with E-state index in [9.17, 15) is 13.6 Å². The fraction of sp³-hybridized carbons (Fsp3) is 0.444. The van der Waals surface area contributed by atoms with Crippen LogP contribution in [0.4, 0.5) is 25.1 Å². The summed E-state index contributed by atoms with van der Waals surface area (Å²) in [5.41, 5.74) is 2.24. The van der Waals surface area contributed by atoms with E-state index in [0.29, 0.717) is 5.69 Å². The number of amides is 2. The van der Waals surface area contributed by atoms with Gasteiger partial charge in [0.15, 0.2) is 5.82 Å². The molecule has 3 aromatic rings. The highest BCUT2D eigenvalue weighted by molar-refractivity contribution is 5.99. The van der Waals surface area contributed by atoms with Crippen LogP contribution in [0.3, 0.4) is 0 Å². The topological polar surface area (TPSA) is 89.3 Å². The smallest absolute Gasteiger partial charge is 0.324 e. The fourth-order valence-electron chi connectivity index (χ4n) is 4.16. The number of hydrogen-bond donors (Lipinski definition) is 2. The number of carbonyl (C=O) groups excluding carboxylic acids is 1. The molecule has 2 amide bonds. The van der Waals surface area contributed by atoms with Crippen LogP contribution in [0.15, 0.2) is 53.2 Å². The molecule has 9 heteroatoms. The van der Waals surface area contributed by atoms with Crippen molar-refractivity contribution in [3.8, 4) is 11.1 Å². The summed E-state index contributed by atoms with van der Waals surface area (Å²) >= 11 is 0. The number of halogens is 2. The van der Waals surface area contributed by atoms with Crippen LogP contribution in [-0.4, -0.2) is 42.7 Å². The van der Waals surface area contributed by atoms with Gasteiger partial charge in [-0.2, -0.15) is 0 Å². The molecule has 1 aliphatic heterocycles. The Morgan fingerprint density at radius 1 is 1.06 bits per heavy atom. The molecule has 0 bridgehead atoms. The van der Waals surface area contributed by atoms with Crippen LogP contribution in [0.2, 0.25) is 0 Å². The third-order valence-corrected chi connectivity index (χ3v) is 6.62. The third kappa shape index (κ3) is 6.66. The minimum Gasteiger partial charge on any atom is -0.381 e. The number of hydrogen-bond acceptors (Lipinski definition) is 5. The normalized spacial score (nSPS) is 14.5. The minimum atomic E-state index is -1.42. The van der Waals surface area contributed by atoms with Crippen LogP contribution in [0.5, 0.6) is 0 Å². The summed E-state index contributed by atoms with van der Waals surface area (Å²) in [7, 11) is 0. The Bertz CT molecular complexity index is 1110. The zero-order valence-corrected chi connectivity index (χ0v) is 20.4. The summed E-state index contributed by atoms with van der Waals surface area (Å²) in [6.45, 7) is 1.29. The van der Waals surface area contributed by atoms with Gasteiger partial charge in [0.1, 0.15) is 19.1 Å². The van der Waals surface area contributed by atoms with Gasteiger partial charge in [0, 0.05) is 42.4 Å². The van der Waals surface area contributed by atoms with Crippen LogP contribution in [0.25, 0.3) is 11.1 Å². The van der Waals surface area contributed by atoms with Crippen molar-refractivity contribution in [1.82, 2.24) is 10.1 Å². The Hall–Kier alpha value is -3.33. The summed E-state index contributed by atoms with van der Waals surface area (Å²) in [4.78, 5) is 16.9. The highest BCUT2D eigenvalue weighted by Gasteiger charge is 2.32. The molecular weight excluding hydrogens is 466 g/mol. The van der Waals surface area contributed by atoms with E-state index in [1.807, 2.05) is 18.3 Å². The van der Waals surface area contributed by atoms with Crippen molar-refractivity contribution in [3.63, 3.8) is 0 Å². The predicted octanol–water partition coefficient (Wildman–Crippen LogP) is 6.33. The maximum absolute atomic E-state index is 13.1. The van der Waals surface area contributed by atoms with E-state index in [4.69, 9.17) is 9.26 Å². The molecule has 7 nitrogen and oxygen atoms in total. The number of nitrogens with one attached hydrogen (secondary N) is 2. The molecule has 1 fully saturated rings. The van der Waals surface area contributed by atoms with Gasteiger partial charge in [-0.3, -0.25) is 10.3 Å². The molecule has 2 N–H and O–H groups in total. The SMILES string of the molecule is CC(CF)(CF)c1cc(NC(=O)Nc2ccc(-c3ccc(CCCC4CCOCC4)nc3)cc2)no1. The summed E-state index contributed by atoms with van der Waals surface area (Å²) in [6.07, 6.45) is 7.55. The number of nitrogens with zero attached hydrogens (tertiary/aromatic N) is 2. The lowest BCUT2D eigenvalue weighted by Gasteiger charge is -2.21. The van der Waals surface area contributed by atoms with E-state index in [0.717, 1.165) is 48.8 Å². The number of aromatic nitrogens is 2. The van der Waals surface area contributed by atoms with E-state index >= 15 is 0 Å². The predicted molar refractivity (Wildman–Crippen MR) is 135 cm³/mol. The minimum absolute atomic E-state index is 0.0334. The number of anilines is 2. The Labute approximate surface area is 209 Å². The number of carbonyl (C=O) groups is 1. The molecule has 4 rings (SSSR count). The summed E-state index contributed by atoms with van der Waals surface area (Å²) in [5.74, 6) is 0.886. The first-order valence-corrected chi connectivity index (χ1v) is 12.3. The van der Waals surface area contributed by atoms with E-state index in [1.165, 1.54) is 32.3 Å². The van der Waals surface area contributed by atoms with E-state index in [2.05, 4.69) is 32.9 Å². The van der Waals surface area contributed by atoms with E-state index < -0.39 is 24.8 Å². The van der Waals surface area contributed by atoms with Gasteiger partial charge in [0.2, 0.25) is 0 Å². The molecule has 0 saturated carbocycles. The zero-order valence-electron chi connectivity index (χ0n) is 20.4. The highest BCUT2D eigenvalue weighted by Crippen LogP contribution is 2.27. The molecule has 0 spiro atoms. The van der Waals surface area contributed by atoms with Crippen molar-refractivity contribution in [2.24, 2.45) is 5.92 Å². The van der Waals surface area contributed by atoms with Crippen LogP contribution in [0, 0.1) is 5.92 Å². The van der Waals surface area contributed by atoms with Crippen LogP contribution >= 0.6 is 0 Å². The molecule has 36 heavy (non-hydrogen) atoms. The van der Waals surface area contributed by atoms with Gasteiger partial charge in [-0.1, -0.05) is 23.4 Å². The summed E-state index contributed by atoms with van der Waals surface area (Å²) < 4.78 is 36.7. The van der Waals surface area contributed by atoms with E-state index in [1.54, 1.807) is 12.1 Å². The first kappa shape index (κ1) is 25.8. The standard InChI is InChI=1S/C27H32F2N4O3/c1-27(17-28,18-29)24-15-25(33-36-24)32-26(34)31-23-9-5-20(6-10-23)21-7-8-22(30-16-21)4-2-3-19-11-13-35-14-12-19/h5-10,15-16,19H,2-4,11-14,17-18H2,1H3,(H2,31,32,33,34). The van der Waals surface area contributed by atoms with Crippen LogP contribution < -0.4 is 10.6 Å². The molecule has 1 aliphatic rings. The molecule has 0 atom stereocenters. The van der Waals surface area contributed by atoms with Crippen molar-refractivity contribution in [2.45, 2.75) is 44.4 Å². The maximum Gasteiger partial charge on any atom is 0.324 e. The average molecular weight is 499 g/mol. The van der Waals surface area contributed by atoms with Gasteiger partial charge in [-0.15, -0.1) is 0 Å². The Morgan fingerprint density at radius 3 is 2.44 bits per heavy atom. The molecule has 2 aromatic heterocycles. The first-order valence-electron chi connectivity index (χ1n) is 12.3. The summed E-state index contributed by atoms with van der Waals surface area (Å²) in [5, 5.41) is 8.88. The molecular formula is C27H32F2N4O3. The van der Waals surface area contributed by atoms with Gasteiger partial charge in [-0.25, -0.2) is 13.6 Å². The van der Waals surface area contributed by atoms with Crippen molar-refractivity contribution in [3.05, 3.63) is 60.1 Å². The number of aryl methyl sites for hydroxylation is 1.